The van der Waals surface area contributed by atoms with Crippen molar-refractivity contribution in [1.29, 1.82) is 0 Å². The summed E-state index contributed by atoms with van der Waals surface area (Å²) in [6, 6.07) is 0. The summed E-state index contributed by atoms with van der Waals surface area (Å²) in [4.78, 5) is 27.6. The summed E-state index contributed by atoms with van der Waals surface area (Å²) < 4.78 is 11.0. The van der Waals surface area contributed by atoms with E-state index in [1.165, 1.54) is 0 Å². The first kappa shape index (κ1) is 19.0. The van der Waals surface area contributed by atoms with Gasteiger partial charge < -0.3 is 24.2 Å². The fraction of sp³-hybridized carbons (Fsp3) is 0.667. The summed E-state index contributed by atoms with van der Waals surface area (Å²) in [7, 11) is 6.02. The van der Waals surface area contributed by atoms with E-state index in [9.17, 15) is 0 Å². The molecule has 2 saturated heterocycles. The maximum atomic E-state index is 5.48. The van der Waals surface area contributed by atoms with Crippen molar-refractivity contribution in [3.63, 3.8) is 0 Å². The summed E-state index contributed by atoms with van der Waals surface area (Å²) in [5.41, 5.74) is 0.767. The molecule has 1 unspecified atom stereocenters. The highest BCUT2D eigenvalue weighted by Crippen LogP contribution is 2.19. The maximum absolute atomic E-state index is 5.48. The number of rotatable bonds is 4. The maximum Gasteiger partial charge on any atom is 0.230 e. The fourth-order valence-electron chi connectivity index (χ4n) is 3.41. The first-order valence-corrected chi connectivity index (χ1v) is 9.68. The van der Waals surface area contributed by atoms with E-state index in [0.29, 0.717) is 44.1 Å². The highest BCUT2D eigenvalue weighted by atomic mass is 16.5. The van der Waals surface area contributed by atoms with Crippen molar-refractivity contribution < 1.29 is 9.47 Å². The Morgan fingerprint density at radius 1 is 0.893 bits per heavy atom. The van der Waals surface area contributed by atoms with Crippen LogP contribution in [-0.2, 0) is 9.47 Å². The lowest BCUT2D eigenvalue weighted by atomic mass is 10.3. The zero-order valence-corrected chi connectivity index (χ0v) is 16.8. The minimum atomic E-state index is -0.0876. The van der Waals surface area contributed by atoms with Crippen molar-refractivity contribution in [2.75, 3.05) is 83.5 Å². The molecule has 1 aromatic rings. The van der Waals surface area contributed by atoms with Crippen molar-refractivity contribution in [3.05, 3.63) is 18.1 Å². The van der Waals surface area contributed by atoms with Crippen LogP contribution in [0.4, 0.5) is 11.9 Å². The Balaban J connectivity index is 1.71. The third kappa shape index (κ3) is 4.08. The molecule has 0 saturated carbocycles. The van der Waals surface area contributed by atoms with Gasteiger partial charge in [0.1, 0.15) is 5.71 Å². The SMILES string of the molecule is CN(C)C1N=C(c2nc(N3CCOCC3)nc(N3CCOCC3)n2)C=CN1C. The van der Waals surface area contributed by atoms with Crippen LogP contribution in [0.3, 0.4) is 0 Å². The van der Waals surface area contributed by atoms with E-state index < -0.39 is 0 Å². The molecule has 0 N–H and O–H groups in total. The van der Waals surface area contributed by atoms with Gasteiger partial charge in [-0.3, -0.25) is 4.90 Å². The third-order valence-corrected chi connectivity index (χ3v) is 4.98. The van der Waals surface area contributed by atoms with Crippen LogP contribution in [0.15, 0.2) is 17.3 Å². The Hall–Kier alpha value is -2.30. The van der Waals surface area contributed by atoms with Gasteiger partial charge in [-0.05, 0) is 20.2 Å². The summed E-state index contributed by atoms with van der Waals surface area (Å²) in [6.07, 6.45) is 3.89. The van der Waals surface area contributed by atoms with E-state index in [1.54, 1.807) is 0 Å². The molecule has 0 aliphatic carbocycles. The minimum absolute atomic E-state index is 0.0876. The number of hydrogen-bond acceptors (Lipinski definition) is 10. The quantitative estimate of drug-likeness (QED) is 0.686. The Morgan fingerprint density at radius 2 is 1.43 bits per heavy atom. The molecule has 0 spiro atoms. The van der Waals surface area contributed by atoms with Crippen LogP contribution in [0.25, 0.3) is 0 Å². The number of hydrogen-bond donors (Lipinski definition) is 0. The molecule has 0 aromatic carbocycles. The standard InChI is InChI=1S/C18H28N8O2/c1-23(2)18-19-14(4-5-24(18)3)15-20-16(25-6-10-27-11-7-25)22-17(21-15)26-8-12-28-13-9-26/h4-5,18H,6-13H2,1-3H3. The number of ether oxygens (including phenoxy) is 2. The van der Waals surface area contributed by atoms with Crippen molar-refractivity contribution in [1.82, 2.24) is 24.8 Å². The van der Waals surface area contributed by atoms with Crippen molar-refractivity contribution in [2.45, 2.75) is 6.29 Å². The second-order valence-corrected chi connectivity index (χ2v) is 7.26. The van der Waals surface area contributed by atoms with Gasteiger partial charge >= 0.3 is 0 Å². The lowest BCUT2D eigenvalue weighted by Crippen LogP contribution is -2.42. The summed E-state index contributed by atoms with van der Waals surface area (Å²) in [6.45, 7) is 5.83. The first-order chi connectivity index (χ1) is 13.6. The summed E-state index contributed by atoms with van der Waals surface area (Å²) >= 11 is 0. The lowest BCUT2D eigenvalue weighted by molar-refractivity contribution is 0.121. The van der Waals surface area contributed by atoms with Crippen LogP contribution in [0.2, 0.25) is 0 Å². The van der Waals surface area contributed by atoms with E-state index >= 15 is 0 Å². The summed E-state index contributed by atoms with van der Waals surface area (Å²) in [5.74, 6) is 1.98. The Labute approximate surface area is 165 Å². The average molecular weight is 388 g/mol. The van der Waals surface area contributed by atoms with Gasteiger partial charge in [-0.15, -0.1) is 0 Å². The van der Waals surface area contributed by atoms with Crippen LogP contribution in [0.1, 0.15) is 5.82 Å². The second kappa shape index (κ2) is 8.38. The molecule has 152 valence electrons. The van der Waals surface area contributed by atoms with Crippen LogP contribution in [0, 0.1) is 0 Å². The molecule has 0 radical (unpaired) electrons. The van der Waals surface area contributed by atoms with Crippen LogP contribution < -0.4 is 9.80 Å². The molecule has 4 heterocycles. The third-order valence-electron chi connectivity index (χ3n) is 4.98. The van der Waals surface area contributed by atoms with Gasteiger partial charge in [0.25, 0.3) is 0 Å². The highest BCUT2D eigenvalue weighted by molar-refractivity contribution is 6.06. The number of aliphatic imine (C=N–C) groups is 1. The summed E-state index contributed by atoms with van der Waals surface area (Å²) in [5, 5.41) is 0. The molecule has 10 heteroatoms. The normalized spacial score (nSPS) is 23.4. The van der Waals surface area contributed by atoms with Gasteiger partial charge in [-0.1, -0.05) is 0 Å². The topological polar surface area (TPSA) is 82.5 Å². The molecule has 4 rings (SSSR count). The van der Waals surface area contributed by atoms with Crippen LogP contribution in [0.5, 0.6) is 0 Å². The van der Waals surface area contributed by atoms with E-state index in [0.717, 1.165) is 31.9 Å². The number of anilines is 2. The van der Waals surface area contributed by atoms with Gasteiger partial charge in [0.05, 0.1) is 26.4 Å². The predicted molar refractivity (Wildman–Crippen MR) is 107 cm³/mol. The molecule has 0 amide bonds. The van der Waals surface area contributed by atoms with Crippen molar-refractivity contribution in [2.24, 2.45) is 4.99 Å². The zero-order chi connectivity index (χ0) is 19.5. The first-order valence-electron chi connectivity index (χ1n) is 9.68. The minimum Gasteiger partial charge on any atom is -0.378 e. The molecule has 3 aliphatic rings. The van der Waals surface area contributed by atoms with E-state index in [2.05, 4.69) is 19.6 Å². The fourth-order valence-corrected chi connectivity index (χ4v) is 3.41. The Morgan fingerprint density at radius 3 is 1.93 bits per heavy atom. The van der Waals surface area contributed by atoms with Gasteiger partial charge in [-0.25, -0.2) is 4.99 Å². The van der Waals surface area contributed by atoms with Gasteiger partial charge in [0.2, 0.25) is 11.9 Å². The molecule has 0 bridgehead atoms. The molecule has 28 heavy (non-hydrogen) atoms. The monoisotopic (exact) mass is 388 g/mol. The number of nitrogens with zero attached hydrogens (tertiary/aromatic N) is 8. The van der Waals surface area contributed by atoms with Crippen molar-refractivity contribution in [3.8, 4) is 0 Å². The second-order valence-electron chi connectivity index (χ2n) is 7.26. The van der Waals surface area contributed by atoms with Crippen LogP contribution in [-0.4, -0.2) is 111 Å². The van der Waals surface area contributed by atoms with Crippen molar-refractivity contribution >= 4 is 17.6 Å². The molecule has 10 nitrogen and oxygen atoms in total. The van der Waals surface area contributed by atoms with E-state index in [4.69, 9.17) is 29.4 Å². The molecular weight excluding hydrogens is 360 g/mol. The number of morpholine rings is 2. The molecule has 1 atom stereocenters. The largest absolute Gasteiger partial charge is 0.378 e. The highest BCUT2D eigenvalue weighted by Gasteiger charge is 2.24. The molecule has 3 aliphatic heterocycles. The molecule has 2 fully saturated rings. The van der Waals surface area contributed by atoms with E-state index in [1.807, 2.05) is 33.4 Å². The average Bonchev–Trinajstić information content (AvgIpc) is 2.75. The zero-order valence-electron chi connectivity index (χ0n) is 16.8. The predicted octanol–water partition coefficient (Wildman–Crippen LogP) is -0.362. The van der Waals surface area contributed by atoms with Gasteiger partial charge in [0.15, 0.2) is 12.1 Å². The number of allylic oxidation sites excluding steroid dienone is 1. The molecular formula is C18H28N8O2. The van der Waals surface area contributed by atoms with Gasteiger partial charge in [0, 0.05) is 39.4 Å². The van der Waals surface area contributed by atoms with Crippen LogP contribution >= 0.6 is 0 Å². The Kier molecular flexibility index (Phi) is 5.69. The van der Waals surface area contributed by atoms with E-state index in [-0.39, 0.29) is 6.29 Å². The Bertz CT molecular complexity index is 705. The molecule has 1 aromatic heterocycles. The smallest absolute Gasteiger partial charge is 0.230 e. The number of aromatic nitrogens is 3. The lowest BCUT2D eigenvalue weighted by Gasteiger charge is -2.32. The van der Waals surface area contributed by atoms with Gasteiger partial charge in [-0.2, -0.15) is 15.0 Å².